The predicted octanol–water partition coefficient (Wildman–Crippen LogP) is 3.77. The van der Waals surface area contributed by atoms with Crippen LogP contribution in [-0.4, -0.2) is 39.8 Å². The Bertz CT molecular complexity index is 978. The van der Waals surface area contributed by atoms with Gasteiger partial charge >= 0.3 is 0 Å². The molecule has 0 saturated heterocycles. The summed E-state index contributed by atoms with van der Waals surface area (Å²) in [5.41, 5.74) is 2.04. The fourth-order valence-corrected chi connectivity index (χ4v) is 3.38. The van der Waals surface area contributed by atoms with Crippen LogP contribution in [0, 0.1) is 5.92 Å². The van der Waals surface area contributed by atoms with Gasteiger partial charge in [0.1, 0.15) is 5.82 Å². The minimum atomic E-state index is -0.424. The molecule has 1 aliphatic carbocycles. The number of carbonyl (C=O) groups excluding carboxylic acids is 2. The summed E-state index contributed by atoms with van der Waals surface area (Å²) in [5, 5.41) is 3.78. The van der Waals surface area contributed by atoms with Gasteiger partial charge in [-0.3, -0.25) is 9.59 Å². The van der Waals surface area contributed by atoms with E-state index in [-0.39, 0.29) is 24.4 Å². The maximum atomic E-state index is 12.5. The topological polar surface area (TPSA) is 78.1 Å². The first kappa shape index (κ1) is 20.4. The smallest absolute Gasteiger partial charge is 0.254 e. The van der Waals surface area contributed by atoms with Gasteiger partial charge in [0.2, 0.25) is 5.91 Å². The van der Waals surface area contributed by atoms with Crippen LogP contribution in [0.15, 0.2) is 41.0 Å². The highest BCUT2D eigenvalue weighted by molar-refractivity contribution is 6.35. The number of nitrogens with zero attached hydrogens (tertiary/aromatic N) is 2. The Hall–Kier alpha value is -2.31. The SMILES string of the molecule is CC(C)N(C)C(=O)C1=CCC(C(=O)NCc2nc3ccc(Cl)cc3[nH]2)C=C1Cl. The van der Waals surface area contributed by atoms with Crippen LogP contribution in [0.1, 0.15) is 26.1 Å². The zero-order chi connectivity index (χ0) is 20.4. The second kappa shape index (κ2) is 8.37. The van der Waals surface area contributed by atoms with Crippen molar-refractivity contribution < 1.29 is 9.59 Å². The Morgan fingerprint density at radius 1 is 1.36 bits per heavy atom. The summed E-state index contributed by atoms with van der Waals surface area (Å²) >= 11 is 12.3. The van der Waals surface area contributed by atoms with Crippen LogP contribution in [0.3, 0.4) is 0 Å². The molecule has 0 spiro atoms. The number of hydrogen-bond acceptors (Lipinski definition) is 3. The monoisotopic (exact) mass is 420 g/mol. The van der Waals surface area contributed by atoms with E-state index >= 15 is 0 Å². The first-order valence-electron chi connectivity index (χ1n) is 9.03. The molecule has 0 fully saturated rings. The normalized spacial score (nSPS) is 16.7. The minimum absolute atomic E-state index is 0.0672. The highest BCUT2D eigenvalue weighted by Crippen LogP contribution is 2.28. The third kappa shape index (κ3) is 4.39. The number of H-pyrrole nitrogens is 1. The molecule has 1 aromatic heterocycles. The van der Waals surface area contributed by atoms with Crippen molar-refractivity contribution in [2.75, 3.05) is 7.05 Å². The summed E-state index contributed by atoms with van der Waals surface area (Å²) < 4.78 is 0. The molecule has 2 N–H and O–H groups in total. The number of benzene rings is 1. The van der Waals surface area contributed by atoms with Crippen LogP contribution in [0.2, 0.25) is 5.02 Å². The number of allylic oxidation sites excluding steroid dienone is 1. The Labute approximate surface area is 173 Å². The van der Waals surface area contributed by atoms with Crippen molar-refractivity contribution in [3.05, 3.63) is 51.8 Å². The van der Waals surface area contributed by atoms with Gasteiger partial charge in [-0.1, -0.05) is 35.4 Å². The van der Waals surface area contributed by atoms with Gasteiger partial charge in [-0.2, -0.15) is 0 Å². The highest BCUT2D eigenvalue weighted by Gasteiger charge is 2.26. The van der Waals surface area contributed by atoms with Gasteiger partial charge in [-0.25, -0.2) is 4.98 Å². The third-order valence-corrected chi connectivity index (χ3v) is 5.33. The van der Waals surface area contributed by atoms with Crippen LogP contribution < -0.4 is 5.32 Å². The van der Waals surface area contributed by atoms with Crippen molar-refractivity contribution >= 4 is 46.0 Å². The zero-order valence-corrected chi connectivity index (χ0v) is 17.4. The van der Waals surface area contributed by atoms with Gasteiger partial charge in [0.15, 0.2) is 0 Å². The van der Waals surface area contributed by atoms with Crippen LogP contribution in [0.4, 0.5) is 0 Å². The Kier molecular flexibility index (Phi) is 6.10. The minimum Gasteiger partial charge on any atom is -0.348 e. The van der Waals surface area contributed by atoms with Crippen LogP contribution in [-0.2, 0) is 16.1 Å². The van der Waals surface area contributed by atoms with Crippen molar-refractivity contribution in [3.63, 3.8) is 0 Å². The molecule has 0 saturated carbocycles. The number of nitrogens with one attached hydrogen (secondary N) is 2. The summed E-state index contributed by atoms with van der Waals surface area (Å²) in [7, 11) is 1.73. The predicted molar refractivity (Wildman–Crippen MR) is 111 cm³/mol. The second-order valence-electron chi connectivity index (χ2n) is 7.05. The highest BCUT2D eigenvalue weighted by atomic mass is 35.5. The molecule has 2 amide bonds. The molecule has 1 aliphatic rings. The molecular formula is C20H22Cl2N4O2. The summed E-state index contributed by atoms with van der Waals surface area (Å²) in [6, 6.07) is 5.44. The summed E-state index contributed by atoms with van der Waals surface area (Å²) in [5.74, 6) is -0.0960. The number of aromatic amines is 1. The Morgan fingerprint density at radius 2 is 2.11 bits per heavy atom. The van der Waals surface area contributed by atoms with Gasteiger partial charge in [0, 0.05) is 23.1 Å². The molecule has 1 atom stereocenters. The van der Waals surface area contributed by atoms with E-state index in [0.717, 1.165) is 11.0 Å². The van der Waals surface area contributed by atoms with Crippen molar-refractivity contribution in [2.24, 2.45) is 5.92 Å². The van der Waals surface area contributed by atoms with Crippen molar-refractivity contribution in [1.29, 1.82) is 0 Å². The van der Waals surface area contributed by atoms with Gasteiger partial charge < -0.3 is 15.2 Å². The quantitative estimate of drug-likeness (QED) is 0.772. The molecule has 8 heteroatoms. The molecule has 3 rings (SSSR count). The first-order chi connectivity index (χ1) is 13.3. The van der Waals surface area contributed by atoms with E-state index in [1.165, 1.54) is 0 Å². The summed E-state index contributed by atoms with van der Waals surface area (Å²) in [4.78, 5) is 34.1. The lowest BCUT2D eigenvalue weighted by atomic mass is 9.95. The Balaban J connectivity index is 1.62. The van der Waals surface area contributed by atoms with Crippen LogP contribution >= 0.6 is 23.2 Å². The number of carbonyl (C=O) groups is 2. The number of aromatic nitrogens is 2. The lowest BCUT2D eigenvalue weighted by Crippen LogP contribution is -2.35. The lowest BCUT2D eigenvalue weighted by molar-refractivity contribution is -0.127. The summed E-state index contributed by atoms with van der Waals surface area (Å²) in [6.07, 6.45) is 3.79. The van der Waals surface area contributed by atoms with Gasteiger partial charge in [-0.15, -0.1) is 0 Å². The van der Waals surface area contributed by atoms with E-state index in [4.69, 9.17) is 23.2 Å². The average Bonchev–Trinajstić information content (AvgIpc) is 3.06. The molecule has 1 heterocycles. The standard InChI is InChI=1S/C20H22Cl2N4O2/c1-11(2)26(3)20(28)14-6-4-12(8-15(14)22)19(27)23-10-18-24-16-7-5-13(21)9-17(16)25-18/h5-9,11-12H,4,10H2,1-3H3,(H,23,27)(H,24,25). The number of fused-ring (bicyclic) bond motifs is 1. The van der Waals surface area contributed by atoms with Crippen LogP contribution in [0.25, 0.3) is 11.0 Å². The average molecular weight is 421 g/mol. The molecule has 0 radical (unpaired) electrons. The van der Waals surface area contributed by atoms with Crippen molar-refractivity contribution in [1.82, 2.24) is 20.2 Å². The Morgan fingerprint density at radius 3 is 2.79 bits per heavy atom. The van der Waals surface area contributed by atoms with Crippen molar-refractivity contribution in [2.45, 2.75) is 32.9 Å². The number of imidazole rings is 1. The van der Waals surface area contributed by atoms with E-state index in [2.05, 4.69) is 15.3 Å². The number of hydrogen-bond donors (Lipinski definition) is 2. The van der Waals surface area contributed by atoms with Gasteiger partial charge in [0.05, 0.1) is 29.1 Å². The van der Waals surface area contributed by atoms with E-state index < -0.39 is 5.92 Å². The number of amides is 2. The largest absolute Gasteiger partial charge is 0.348 e. The maximum Gasteiger partial charge on any atom is 0.254 e. The molecule has 6 nitrogen and oxygen atoms in total. The first-order valence-corrected chi connectivity index (χ1v) is 9.78. The molecule has 0 aliphatic heterocycles. The number of rotatable bonds is 5. The summed E-state index contributed by atoms with van der Waals surface area (Å²) in [6.45, 7) is 4.13. The van der Waals surface area contributed by atoms with Gasteiger partial charge in [-0.05, 0) is 38.5 Å². The zero-order valence-electron chi connectivity index (χ0n) is 15.9. The maximum absolute atomic E-state index is 12.5. The van der Waals surface area contributed by atoms with Crippen LogP contribution in [0.5, 0.6) is 0 Å². The molecule has 148 valence electrons. The second-order valence-corrected chi connectivity index (χ2v) is 7.89. The molecule has 0 bridgehead atoms. The van der Waals surface area contributed by atoms with E-state index in [1.54, 1.807) is 36.2 Å². The fourth-order valence-electron chi connectivity index (χ4n) is 2.89. The third-order valence-electron chi connectivity index (χ3n) is 4.77. The van der Waals surface area contributed by atoms with Gasteiger partial charge in [0.25, 0.3) is 5.91 Å². The molecule has 28 heavy (non-hydrogen) atoms. The number of halogens is 2. The molecule has 1 aromatic carbocycles. The van der Waals surface area contributed by atoms with Crippen molar-refractivity contribution in [3.8, 4) is 0 Å². The number of likely N-dealkylation sites (N-methyl/N-ethyl adjacent to an activating group) is 1. The van der Waals surface area contributed by atoms with E-state index in [1.807, 2.05) is 19.9 Å². The molecule has 1 unspecified atom stereocenters. The van der Waals surface area contributed by atoms with E-state index in [0.29, 0.717) is 27.9 Å². The van der Waals surface area contributed by atoms with E-state index in [9.17, 15) is 9.59 Å². The fraction of sp³-hybridized carbons (Fsp3) is 0.350. The molecule has 2 aromatic rings. The molecular weight excluding hydrogens is 399 g/mol. The lowest BCUT2D eigenvalue weighted by Gasteiger charge is -2.25.